The number of thioether (sulfide) groups is 1. The van der Waals surface area contributed by atoms with Gasteiger partial charge < -0.3 is 10.6 Å². The molecule has 0 fully saturated rings. The first-order valence-electron chi connectivity index (χ1n) is 5.68. The van der Waals surface area contributed by atoms with Crippen LogP contribution in [0.4, 0.5) is 5.69 Å². The summed E-state index contributed by atoms with van der Waals surface area (Å²) in [6.07, 6.45) is 3.33. The molecule has 2 nitrogen and oxygen atoms in total. The molecular weight excluding hydrogens is 248 g/mol. The molecule has 0 saturated heterocycles. The fourth-order valence-electron chi connectivity index (χ4n) is 1.60. The maximum Gasteiger partial charge on any atom is 0.103 e. The lowest BCUT2D eigenvalue weighted by atomic mass is 10.1. The first-order chi connectivity index (χ1) is 8.06. The maximum atomic E-state index is 5.58. The molecule has 17 heavy (non-hydrogen) atoms. The molecule has 0 heterocycles. The number of nitrogens with zero attached hydrogens (tertiary/aromatic N) is 1. The Bertz CT molecular complexity index is 362. The zero-order valence-electron chi connectivity index (χ0n) is 10.6. The van der Waals surface area contributed by atoms with Crippen LogP contribution in [0.5, 0.6) is 0 Å². The molecule has 1 unspecified atom stereocenters. The van der Waals surface area contributed by atoms with Crippen LogP contribution in [0.25, 0.3) is 0 Å². The second-order valence-electron chi connectivity index (χ2n) is 4.15. The maximum absolute atomic E-state index is 5.58. The molecule has 94 valence electrons. The molecule has 0 amide bonds. The molecule has 0 spiro atoms. The van der Waals surface area contributed by atoms with Crippen molar-refractivity contribution in [1.29, 1.82) is 0 Å². The number of thiocarbonyl (C=S) groups is 1. The fourth-order valence-corrected chi connectivity index (χ4v) is 2.31. The van der Waals surface area contributed by atoms with Crippen LogP contribution in [0.2, 0.25) is 0 Å². The minimum Gasteiger partial charge on any atom is -0.389 e. The second-order valence-corrected chi connectivity index (χ2v) is 5.58. The summed E-state index contributed by atoms with van der Waals surface area (Å²) in [6.45, 7) is 2.25. The summed E-state index contributed by atoms with van der Waals surface area (Å²) in [7, 11) is 2.13. The zero-order valence-corrected chi connectivity index (χ0v) is 12.3. The van der Waals surface area contributed by atoms with Crippen LogP contribution >= 0.6 is 24.0 Å². The molecule has 1 rings (SSSR count). The van der Waals surface area contributed by atoms with Gasteiger partial charge in [0.05, 0.1) is 0 Å². The van der Waals surface area contributed by atoms with E-state index in [1.54, 1.807) is 0 Å². The lowest BCUT2D eigenvalue weighted by Gasteiger charge is -2.27. The Labute approximate surface area is 114 Å². The molecule has 0 saturated carbocycles. The molecule has 1 aromatic carbocycles. The van der Waals surface area contributed by atoms with Crippen LogP contribution in [0.3, 0.4) is 0 Å². The van der Waals surface area contributed by atoms with Crippen LogP contribution < -0.4 is 10.6 Å². The first kappa shape index (κ1) is 14.3. The number of nitrogens with two attached hydrogens (primary N) is 1. The molecule has 0 aliphatic heterocycles. The average Bonchev–Trinajstić information content (AvgIpc) is 2.35. The van der Waals surface area contributed by atoms with Gasteiger partial charge in [0, 0.05) is 24.3 Å². The average molecular weight is 268 g/mol. The van der Waals surface area contributed by atoms with E-state index in [2.05, 4.69) is 37.3 Å². The number of hydrogen-bond donors (Lipinski definition) is 1. The highest BCUT2D eigenvalue weighted by atomic mass is 32.2. The monoisotopic (exact) mass is 268 g/mol. The Kier molecular flexibility index (Phi) is 5.78. The summed E-state index contributed by atoms with van der Waals surface area (Å²) in [5.41, 5.74) is 7.71. The van der Waals surface area contributed by atoms with Gasteiger partial charge in [0.15, 0.2) is 0 Å². The van der Waals surface area contributed by atoms with Crippen molar-refractivity contribution < 1.29 is 0 Å². The molecule has 0 aromatic heterocycles. The van der Waals surface area contributed by atoms with E-state index in [4.69, 9.17) is 18.0 Å². The van der Waals surface area contributed by atoms with E-state index in [-0.39, 0.29) is 0 Å². The molecule has 0 bridgehead atoms. The largest absolute Gasteiger partial charge is 0.389 e. The predicted octanol–water partition coefficient (Wildman–Crippen LogP) is 2.90. The van der Waals surface area contributed by atoms with E-state index >= 15 is 0 Å². The van der Waals surface area contributed by atoms with E-state index in [1.807, 2.05) is 23.9 Å². The van der Waals surface area contributed by atoms with Gasteiger partial charge in [0.1, 0.15) is 4.99 Å². The van der Waals surface area contributed by atoms with Crippen LogP contribution in [0.15, 0.2) is 24.3 Å². The van der Waals surface area contributed by atoms with Crippen molar-refractivity contribution in [1.82, 2.24) is 0 Å². The van der Waals surface area contributed by atoms with Crippen LogP contribution in [0.1, 0.15) is 18.9 Å². The summed E-state index contributed by atoms with van der Waals surface area (Å²) >= 11 is 6.83. The van der Waals surface area contributed by atoms with Crippen molar-refractivity contribution in [3.63, 3.8) is 0 Å². The lowest BCUT2D eigenvalue weighted by Crippen LogP contribution is -2.29. The standard InChI is InChI=1S/C13H20N2S2/c1-10(8-9-17-3)15(2)12-6-4-11(5-7-12)13(14)16/h4-7,10H,8-9H2,1-3H3,(H2,14,16). The Morgan fingerprint density at radius 3 is 2.47 bits per heavy atom. The van der Waals surface area contributed by atoms with Crippen LogP contribution in [0, 0.1) is 0 Å². The molecule has 0 aliphatic carbocycles. The van der Waals surface area contributed by atoms with Gasteiger partial charge in [-0.3, -0.25) is 0 Å². The van der Waals surface area contributed by atoms with Crippen molar-refractivity contribution >= 4 is 34.7 Å². The summed E-state index contributed by atoms with van der Waals surface area (Å²) < 4.78 is 0. The van der Waals surface area contributed by atoms with Crippen molar-refractivity contribution in [3.8, 4) is 0 Å². The Balaban J connectivity index is 2.68. The van der Waals surface area contributed by atoms with Crippen LogP contribution in [-0.4, -0.2) is 30.1 Å². The number of hydrogen-bond acceptors (Lipinski definition) is 3. The normalized spacial score (nSPS) is 12.2. The Morgan fingerprint density at radius 1 is 1.41 bits per heavy atom. The van der Waals surface area contributed by atoms with Gasteiger partial charge in [-0.05, 0) is 49.6 Å². The molecule has 1 aromatic rings. The van der Waals surface area contributed by atoms with Crippen molar-refractivity contribution in [3.05, 3.63) is 29.8 Å². The number of rotatable bonds is 6. The second kappa shape index (κ2) is 6.87. The summed E-state index contributed by atoms with van der Waals surface area (Å²) in [5, 5.41) is 0. The summed E-state index contributed by atoms with van der Waals surface area (Å²) in [6, 6.07) is 8.65. The highest BCUT2D eigenvalue weighted by Crippen LogP contribution is 2.18. The quantitative estimate of drug-likeness (QED) is 0.803. The van der Waals surface area contributed by atoms with Gasteiger partial charge in [-0.15, -0.1) is 0 Å². The smallest absolute Gasteiger partial charge is 0.103 e. The summed E-state index contributed by atoms with van der Waals surface area (Å²) in [5.74, 6) is 1.19. The Hall–Kier alpha value is -0.740. The molecule has 4 heteroatoms. The lowest BCUT2D eigenvalue weighted by molar-refractivity contribution is 0.669. The molecule has 0 radical (unpaired) electrons. The minimum absolute atomic E-state index is 0.453. The van der Waals surface area contributed by atoms with Crippen molar-refractivity contribution in [2.75, 3.05) is 24.0 Å². The first-order valence-corrected chi connectivity index (χ1v) is 7.48. The van der Waals surface area contributed by atoms with Crippen LogP contribution in [-0.2, 0) is 0 Å². The van der Waals surface area contributed by atoms with E-state index in [9.17, 15) is 0 Å². The van der Waals surface area contributed by atoms with Crippen molar-refractivity contribution in [2.24, 2.45) is 5.73 Å². The van der Waals surface area contributed by atoms with E-state index in [0.717, 1.165) is 5.56 Å². The van der Waals surface area contributed by atoms with Gasteiger partial charge in [0.2, 0.25) is 0 Å². The highest BCUT2D eigenvalue weighted by molar-refractivity contribution is 7.98. The van der Waals surface area contributed by atoms with Gasteiger partial charge in [-0.2, -0.15) is 11.8 Å². The molecular formula is C13H20N2S2. The van der Waals surface area contributed by atoms with E-state index in [0.29, 0.717) is 11.0 Å². The SMILES string of the molecule is CSCCC(C)N(C)c1ccc(C(N)=S)cc1. The topological polar surface area (TPSA) is 29.3 Å². The number of benzene rings is 1. The van der Waals surface area contributed by atoms with E-state index < -0.39 is 0 Å². The zero-order chi connectivity index (χ0) is 12.8. The molecule has 0 aliphatic rings. The van der Waals surface area contributed by atoms with Gasteiger partial charge >= 0.3 is 0 Å². The predicted molar refractivity (Wildman–Crippen MR) is 83.2 cm³/mol. The third kappa shape index (κ3) is 4.21. The summed E-state index contributed by atoms with van der Waals surface area (Å²) in [4.78, 5) is 2.74. The number of anilines is 1. The van der Waals surface area contributed by atoms with Gasteiger partial charge in [-0.1, -0.05) is 12.2 Å². The third-order valence-corrected chi connectivity index (χ3v) is 3.84. The molecule has 1 atom stereocenters. The van der Waals surface area contributed by atoms with Gasteiger partial charge in [0.25, 0.3) is 0 Å². The molecule has 2 N–H and O–H groups in total. The van der Waals surface area contributed by atoms with Gasteiger partial charge in [-0.25, -0.2) is 0 Å². The van der Waals surface area contributed by atoms with Crippen molar-refractivity contribution in [2.45, 2.75) is 19.4 Å². The third-order valence-electron chi connectivity index (χ3n) is 2.96. The Morgan fingerprint density at radius 2 is 2.00 bits per heavy atom. The van der Waals surface area contributed by atoms with E-state index in [1.165, 1.54) is 17.9 Å². The minimum atomic E-state index is 0.453. The highest BCUT2D eigenvalue weighted by Gasteiger charge is 2.09. The fraction of sp³-hybridized carbons (Fsp3) is 0.462.